The lowest BCUT2D eigenvalue weighted by Crippen LogP contribution is -2.49. The number of nitrogens with zero attached hydrogens (tertiary/aromatic N) is 3. The first-order valence-corrected chi connectivity index (χ1v) is 8.54. The number of aromatic nitrogens is 2. The Morgan fingerprint density at radius 3 is 2.64 bits per heavy atom. The fourth-order valence-electron chi connectivity index (χ4n) is 4.03. The van der Waals surface area contributed by atoms with Gasteiger partial charge in [0.1, 0.15) is 11.2 Å². The number of hydrogen-bond acceptors (Lipinski definition) is 4. The maximum atomic E-state index is 12.9. The minimum atomic E-state index is -0.294. The second-order valence-electron chi connectivity index (χ2n) is 7.09. The number of nitrogens with one attached hydrogen (secondary N) is 1. The zero-order valence-electron chi connectivity index (χ0n) is 14.4. The van der Waals surface area contributed by atoms with Crippen LogP contribution in [-0.4, -0.2) is 45.4 Å². The average molecular weight is 363 g/mol. The summed E-state index contributed by atoms with van der Waals surface area (Å²) in [5.41, 5.74) is 1.37. The summed E-state index contributed by atoms with van der Waals surface area (Å²) in [4.78, 5) is 31.6. The predicted octanol–water partition coefficient (Wildman–Crippen LogP) is 1.78. The molecular weight excluding hydrogens is 340 g/mol. The lowest BCUT2D eigenvalue weighted by Gasteiger charge is -2.35. The van der Waals surface area contributed by atoms with Gasteiger partial charge in [-0.1, -0.05) is 6.07 Å². The third-order valence-electron chi connectivity index (χ3n) is 5.40. The third kappa shape index (κ3) is 3.16. The van der Waals surface area contributed by atoms with Crippen molar-refractivity contribution in [3.05, 3.63) is 46.0 Å². The summed E-state index contributed by atoms with van der Waals surface area (Å²) in [5, 5.41) is 3.58. The van der Waals surface area contributed by atoms with Crippen molar-refractivity contribution in [3.8, 4) is 0 Å². The van der Waals surface area contributed by atoms with Gasteiger partial charge in [0.2, 0.25) is 0 Å². The van der Waals surface area contributed by atoms with E-state index in [4.69, 9.17) is 0 Å². The summed E-state index contributed by atoms with van der Waals surface area (Å²) in [7, 11) is 1.81. The number of pyridine rings is 1. The molecule has 2 atom stereocenters. The van der Waals surface area contributed by atoms with Gasteiger partial charge in [-0.2, -0.15) is 0 Å². The van der Waals surface area contributed by atoms with Gasteiger partial charge < -0.3 is 10.2 Å². The molecule has 0 aliphatic carbocycles. The number of piperidine rings is 1. The van der Waals surface area contributed by atoms with Gasteiger partial charge in [-0.05, 0) is 44.2 Å². The van der Waals surface area contributed by atoms with E-state index in [1.807, 2.05) is 20.0 Å². The molecule has 0 aromatic carbocycles. The molecule has 134 valence electrons. The molecule has 25 heavy (non-hydrogen) atoms. The van der Waals surface area contributed by atoms with E-state index in [2.05, 4.69) is 10.3 Å². The van der Waals surface area contributed by atoms with Crippen LogP contribution >= 0.6 is 12.4 Å². The molecule has 2 saturated heterocycles. The second kappa shape index (κ2) is 6.77. The molecule has 0 spiro atoms. The van der Waals surface area contributed by atoms with E-state index < -0.39 is 0 Å². The largest absolute Gasteiger partial charge is 0.338 e. The molecule has 2 unspecified atom stereocenters. The number of rotatable bonds is 2. The number of aryl methyl sites for hydroxylation is 1. The molecule has 2 fully saturated rings. The molecule has 2 aromatic rings. The fourth-order valence-corrected chi connectivity index (χ4v) is 4.03. The smallest absolute Gasteiger partial charge is 0.270 e. The quantitative estimate of drug-likeness (QED) is 0.884. The van der Waals surface area contributed by atoms with Crippen LogP contribution < -0.4 is 10.9 Å². The van der Waals surface area contributed by atoms with Crippen molar-refractivity contribution in [2.75, 3.05) is 7.05 Å². The number of carbonyl (C=O) groups excluding carboxylic acids is 1. The lowest BCUT2D eigenvalue weighted by molar-refractivity contribution is 0.0679. The van der Waals surface area contributed by atoms with Crippen molar-refractivity contribution in [2.24, 2.45) is 0 Å². The van der Waals surface area contributed by atoms with Crippen LogP contribution in [0.1, 0.15) is 41.6 Å². The normalized spacial score (nSPS) is 24.8. The molecule has 1 N–H and O–H groups in total. The summed E-state index contributed by atoms with van der Waals surface area (Å²) in [5.74, 6) is -0.227. The Balaban J connectivity index is 0.00000182. The van der Waals surface area contributed by atoms with E-state index in [1.165, 1.54) is 23.4 Å². The van der Waals surface area contributed by atoms with E-state index in [1.54, 1.807) is 17.2 Å². The number of amides is 1. The van der Waals surface area contributed by atoms with Gasteiger partial charge in [0, 0.05) is 37.6 Å². The third-order valence-corrected chi connectivity index (χ3v) is 5.40. The van der Waals surface area contributed by atoms with Gasteiger partial charge in [-0.3, -0.25) is 14.0 Å². The van der Waals surface area contributed by atoms with E-state index in [-0.39, 0.29) is 35.5 Å². The van der Waals surface area contributed by atoms with Gasteiger partial charge in [-0.15, -0.1) is 12.4 Å². The van der Waals surface area contributed by atoms with Gasteiger partial charge in [-0.25, -0.2) is 4.98 Å². The Morgan fingerprint density at radius 1 is 1.28 bits per heavy atom. The molecule has 2 aliphatic heterocycles. The highest BCUT2D eigenvalue weighted by Crippen LogP contribution is 2.29. The number of hydrogen-bond donors (Lipinski definition) is 1. The van der Waals surface area contributed by atoms with Gasteiger partial charge >= 0.3 is 0 Å². The fraction of sp³-hybridized carbons (Fsp3) is 0.500. The van der Waals surface area contributed by atoms with Gasteiger partial charge in [0.15, 0.2) is 0 Å². The van der Waals surface area contributed by atoms with Crippen molar-refractivity contribution >= 4 is 24.0 Å². The van der Waals surface area contributed by atoms with Gasteiger partial charge in [0.05, 0.1) is 0 Å². The topological polar surface area (TPSA) is 66.7 Å². The number of carbonyl (C=O) groups is 1. The van der Waals surface area contributed by atoms with Crippen molar-refractivity contribution < 1.29 is 4.79 Å². The molecule has 2 bridgehead atoms. The zero-order chi connectivity index (χ0) is 16.8. The summed E-state index contributed by atoms with van der Waals surface area (Å²) in [6.07, 6.45) is 7.43. The SMILES string of the molecule is Cc1ccc2ncc(C(=O)N(C)C3CC4CCC(C3)N4)c(=O)n2c1.Cl. The maximum absolute atomic E-state index is 12.9. The maximum Gasteiger partial charge on any atom is 0.270 e. The van der Waals surface area contributed by atoms with Crippen molar-refractivity contribution in [3.63, 3.8) is 0 Å². The van der Waals surface area contributed by atoms with Crippen LogP contribution in [0.4, 0.5) is 0 Å². The van der Waals surface area contributed by atoms with Gasteiger partial charge in [0.25, 0.3) is 11.5 Å². The molecule has 4 rings (SSSR count). The van der Waals surface area contributed by atoms with Crippen LogP contribution in [0.25, 0.3) is 5.65 Å². The highest BCUT2D eigenvalue weighted by Gasteiger charge is 2.37. The van der Waals surface area contributed by atoms with E-state index in [9.17, 15) is 9.59 Å². The molecule has 0 radical (unpaired) electrons. The standard InChI is InChI=1S/C18H22N4O2.ClH/c1-11-3-6-16-19-9-15(18(24)22(16)10-11)17(23)21(2)14-7-12-4-5-13(8-14)20-12;/h3,6,9-10,12-14,20H,4-5,7-8H2,1-2H3;1H. The van der Waals surface area contributed by atoms with Crippen molar-refractivity contribution in [1.29, 1.82) is 0 Å². The highest BCUT2D eigenvalue weighted by atomic mass is 35.5. The van der Waals surface area contributed by atoms with Crippen molar-refractivity contribution in [2.45, 2.75) is 50.7 Å². The summed E-state index contributed by atoms with van der Waals surface area (Å²) < 4.78 is 1.46. The Morgan fingerprint density at radius 2 is 1.96 bits per heavy atom. The van der Waals surface area contributed by atoms with Crippen molar-refractivity contribution in [1.82, 2.24) is 19.6 Å². The zero-order valence-corrected chi connectivity index (χ0v) is 15.3. The lowest BCUT2D eigenvalue weighted by atomic mass is 9.98. The van der Waals surface area contributed by atoms with Crippen LogP contribution in [0.15, 0.2) is 29.3 Å². The molecular formula is C18H23ClN4O2. The van der Waals surface area contributed by atoms with E-state index in [0.717, 1.165) is 18.4 Å². The molecule has 2 aromatic heterocycles. The van der Waals surface area contributed by atoms with Crippen LogP contribution in [0.3, 0.4) is 0 Å². The molecule has 2 aliphatic rings. The minimum Gasteiger partial charge on any atom is -0.338 e. The van der Waals surface area contributed by atoms with Crippen LogP contribution in [0, 0.1) is 6.92 Å². The molecule has 1 amide bonds. The molecule has 7 heteroatoms. The summed E-state index contributed by atoms with van der Waals surface area (Å²) >= 11 is 0. The van der Waals surface area contributed by atoms with Crippen LogP contribution in [-0.2, 0) is 0 Å². The van der Waals surface area contributed by atoms with E-state index >= 15 is 0 Å². The number of halogens is 1. The Bertz CT molecular complexity index is 854. The first-order valence-electron chi connectivity index (χ1n) is 8.54. The van der Waals surface area contributed by atoms with Crippen LogP contribution in [0.2, 0.25) is 0 Å². The Labute approximate surface area is 152 Å². The Hall–Kier alpha value is -1.92. The Kier molecular flexibility index (Phi) is 4.84. The highest BCUT2D eigenvalue weighted by molar-refractivity contribution is 5.93. The minimum absolute atomic E-state index is 0. The predicted molar refractivity (Wildman–Crippen MR) is 98.5 cm³/mol. The van der Waals surface area contributed by atoms with Crippen LogP contribution in [0.5, 0.6) is 0 Å². The van der Waals surface area contributed by atoms with E-state index in [0.29, 0.717) is 17.7 Å². The molecule has 0 saturated carbocycles. The molecule has 6 nitrogen and oxygen atoms in total. The first kappa shape index (κ1) is 17.9. The number of fused-ring (bicyclic) bond motifs is 3. The average Bonchev–Trinajstić information content (AvgIpc) is 2.92. The second-order valence-corrected chi connectivity index (χ2v) is 7.09. The summed E-state index contributed by atoms with van der Waals surface area (Å²) in [6, 6.07) is 4.89. The monoisotopic (exact) mass is 362 g/mol. The molecule has 4 heterocycles. The first-order chi connectivity index (χ1) is 11.5. The summed E-state index contributed by atoms with van der Waals surface area (Å²) in [6.45, 7) is 1.91.